The lowest BCUT2D eigenvalue weighted by molar-refractivity contribution is 0.755. The summed E-state index contributed by atoms with van der Waals surface area (Å²) in [6, 6.07) is 2.03. The monoisotopic (exact) mass is 367 g/mol. The number of hydrogen-bond donors (Lipinski definition) is 1. The Hall–Kier alpha value is 0.0200. The first-order chi connectivity index (χ1) is 7.13. The van der Waals surface area contributed by atoms with Gasteiger partial charge in [0.2, 0.25) is 0 Å². The van der Waals surface area contributed by atoms with Crippen LogP contribution in [0.25, 0.3) is 11.4 Å². The molecule has 7 heteroatoms. The summed E-state index contributed by atoms with van der Waals surface area (Å²) in [5.41, 5.74) is 1.06. The van der Waals surface area contributed by atoms with Crippen LogP contribution < -0.4 is 0 Å². The number of hydrogen-bond acceptors (Lipinski definition) is 3. The van der Waals surface area contributed by atoms with Crippen molar-refractivity contribution in [3.63, 3.8) is 0 Å². The van der Waals surface area contributed by atoms with E-state index in [1.165, 1.54) is 0 Å². The number of nitrogens with one attached hydrogen (secondary N) is 1. The van der Waals surface area contributed by atoms with Gasteiger partial charge < -0.3 is 4.57 Å². The first kappa shape index (κ1) is 11.5. The Morgan fingerprint density at radius 2 is 2.33 bits per heavy atom. The fraction of sp³-hybridized carbons (Fsp3) is 0.250. The highest BCUT2D eigenvalue weighted by Gasteiger charge is 2.13. The van der Waals surface area contributed by atoms with E-state index in [9.17, 15) is 0 Å². The van der Waals surface area contributed by atoms with Gasteiger partial charge in [0.05, 0.1) is 7.57 Å². The van der Waals surface area contributed by atoms with Crippen LogP contribution in [0.2, 0.25) is 0 Å². The zero-order valence-corrected chi connectivity index (χ0v) is 12.6. The summed E-state index contributed by atoms with van der Waals surface area (Å²) in [5.74, 6) is 0.872. The predicted octanol–water partition coefficient (Wildman–Crippen LogP) is 4.21. The highest BCUT2D eigenvalue weighted by Crippen LogP contribution is 2.37. The van der Waals surface area contributed by atoms with Crippen LogP contribution in [-0.4, -0.2) is 14.8 Å². The minimum atomic E-state index is 0.654. The Morgan fingerprint density at radius 3 is 2.87 bits per heavy atom. The molecule has 2 aromatic heterocycles. The number of nitrogens with zero attached hydrogens (tertiary/aromatic N) is 2. The number of aromatic nitrogens is 3. The molecule has 0 aliphatic rings. The first-order valence-corrected chi connectivity index (χ1v) is 7.05. The van der Waals surface area contributed by atoms with E-state index >= 15 is 0 Å². The summed E-state index contributed by atoms with van der Waals surface area (Å²) in [4.78, 5) is 0. The van der Waals surface area contributed by atoms with Gasteiger partial charge in [0.1, 0.15) is 0 Å². The molecule has 15 heavy (non-hydrogen) atoms. The normalized spacial score (nSPS) is 10.9. The maximum atomic E-state index is 5.14. The van der Waals surface area contributed by atoms with Gasteiger partial charge in [-0.05, 0) is 57.1 Å². The standard InChI is InChI=1S/C8H7Br2N3S2/c1-2-13-7(11-12-8(13)14)4-3-5(9)15-6(4)10/h3H,2H2,1H3,(H,12,14). The second kappa shape index (κ2) is 4.48. The molecule has 0 radical (unpaired) electrons. The summed E-state index contributed by atoms with van der Waals surface area (Å²) in [5, 5.41) is 7.04. The van der Waals surface area contributed by atoms with E-state index in [-0.39, 0.29) is 0 Å². The summed E-state index contributed by atoms with van der Waals surface area (Å²) < 4.78 is 4.75. The third-order valence-corrected chi connectivity index (χ3v) is 4.62. The van der Waals surface area contributed by atoms with Crippen LogP contribution in [0.15, 0.2) is 13.6 Å². The molecule has 0 fully saturated rings. The van der Waals surface area contributed by atoms with Gasteiger partial charge in [-0.1, -0.05) is 0 Å². The molecule has 0 saturated heterocycles. The smallest absolute Gasteiger partial charge is 0.195 e. The lowest BCUT2D eigenvalue weighted by Gasteiger charge is -2.00. The van der Waals surface area contributed by atoms with Crippen molar-refractivity contribution in [1.82, 2.24) is 14.8 Å². The Morgan fingerprint density at radius 1 is 1.60 bits per heavy atom. The molecule has 0 saturated carbocycles. The Kier molecular flexibility index (Phi) is 3.44. The average molecular weight is 369 g/mol. The number of halogens is 2. The summed E-state index contributed by atoms with van der Waals surface area (Å²) in [6.45, 7) is 2.86. The van der Waals surface area contributed by atoms with E-state index in [0.29, 0.717) is 4.77 Å². The van der Waals surface area contributed by atoms with Crippen molar-refractivity contribution >= 4 is 55.4 Å². The third kappa shape index (κ3) is 2.11. The highest BCUT2D eigenvalue weighted by atomic mass is 79.9. The van der Waals surface area contributed by atoms with Gasteiger partial charge in [0, 0.05) is 12.1 Å². The fourth-order valence-electron chi connectivity index (χ4n) is 1.31. The largest absolute Gasteiger partial charge is 0.300 e. The van der Waals surface area contributed by atoms with Crippen LogP contribution in [0.4, 0.5) is 0 Å². The summed E-state index contributed by atoms with van der Waals surface area (Å²) >= 11 is 13.7. The van der Waals surface area contributed by atoms with E-state index < -0.39 is 0 Å². The van der Waals surface area contributed by atoms with Crippen molar-refractivity contribution in [1.29, 1.82) is 0 Å². The lowest BCUT2D eigenvalue weighted by atomic mass is 10.3. The van der Waals surface area contributed by atoms with Crippen LogP contribution in [0.1, 0.15) is 6.92 Å². The van der Waals surface area contributed by atoms with Gasteiger partial charge in [-0.25, -0.2) is 0 Å². The Balaban J connectivity index is 2.63. The van der Waals surface area contributed by atoms with E-state index in [4.69, 9.17) is 12.2 Å². The molecule has 0 spiro atoms. The number of thiophene rings is 1. The van der Waals surface area contributed by atoms with Gasteiger partial charge in [-0.2, -0.15) is 5.10 Å². The third-order valence-electron chi connectivity index (χ3n) is 1.97. The van der Waals surface area contributed by atoms with Crippen LogP contribution >= 0.6 is 55.4 Å². The van der Waals surface area contributed by atoms with Crippen LogP contribution in [0, 0.1) is 4.77 Å². The molecule has 2 heterocycles. The average Bonchev–Trinajstić information content (AvgIpc) is 2.69. The maximum absolute atomic E-state index is 5.14. The topological polar surface area (TPSA) is 33.6 Å². The predicted molar refractivity (Wildman–Crippen MR) is 71.8 cm³/mol. The molecular weight excluding hydrogens is 362 g/mol. The minimum Gasteiger partial charge on any atom is -0.300 e. The van der Waals surface area contributed by atoms with Crippen molar-refractivity contribution in [2.45, 2.75) is 13.5 Å². The Bertz CT molecular complexity index is 540. The summed E-state index contributed by atoms with van der Waals surface area (Å²) in [7, 11) is 0. The van der Waals surface area contributed by atoms with Crippen molar-refractivity contribution < 1.29 is 0 Å². The zero-order chi connectivity index (χ0) is 11.0. The molecule has 0 atom stereocenters. The molecule has 3 nitrogen and oxygen atoms in total. The summed E-state index contributed by atoms with van der Waals surface area (Å²) in [6.07, 6.45) is 0. The van der Waals surface area contributed by atoms with Gasteiger partial charge >= 0.3 is 0 Å². The van der Waals surface area contributed by atoms with E-state index in [2.05, 4.69) is 42.1 Å². The van der Waals surface area contributed by atoms with Gasteiger partial charge in [-0.3, -0.25) is 5.10 Å². The maximum Gasteiger partial charge on any atom is 0.195 e. The quantitative estimate of drug-likeness (QED) is 0.805. The van der Waals surface area contributed by atoms with Crippen molar-refractivity contribution in [2.75, 3.05) is 0 Å². The molecule has 0 amide bonds. The van der Waals surface area contributed by atoms with E-state index in [1.807, 2.05) is 17.6 Å². The molecule has 2 rings (SSSR count). The van der Waals surface area contributed by atoms with Crippen molar-refractivity contribution in [3.05, 3.63) is 18.4 Å². The SMILES string of the molecule is CCn1c(-c2cc(Br)sc2Br)n[nH]c1=S. The molecular formula is C8H7Br2N3S2. The molecule has 2 aromatic rings. The molecule has 0 aliphatic heterocycles. The van der Waals surface area contributed by atoms with E-state index in [1.54, 1.807) is 11.3 Å². The number of H-pyrrole nitrogens is 1. The second-order valence-electron chi connectivity index (χ2n) is 2.83. The molecule has 80 valence electrons. The van der Waals surface area contributed by atoms with Gasteiger partial charge in [0.15, 0.2) is 10.6 Å². The number of aromatic amines is 1. The van der Waals surface area contributed by atoms with E-state index in [0.717, 1.165) is 25.5 Å². The fourth-order valence-corrected chi connectivity index (χ4v) is 4.36. The molecule has 0 unspecified atom stereocenters. The first-order valence-electron chi connectivity index (χ1n) is 4.24. The molecule has 0 bridgehead atoms. The number of rotatable bonds is 2. The van der Waals surface area contributed by atoms with Crippen LogP contribution in [0.3, 0.4) is 0 Å². The van der Waals surface area contributed by atoms with Gasteiger partial charge in [0.25, 0.3) is 0 Å². The lowest BCUT2D eigenvalue weighted by Crippen LogP contribution is -1.96. The van der Waals surface area contributed by atoms with Crippen LogP contribution in [-0.2, 0) is 6.54 Å². The highest BCUT2D eigenvalue weighted by molar-refractivity contribution is 9.12. The second-order valence-corrected chi connectivity index (χ2v) is 6.97. The molecule has 0 aromatic carbocycles. The molecule has 0 aliphatic carbocycles. The van der Waals surface area contributed by atoms with Crippen molar-refractivity contribution in [2.24, 2.45) is 0 Å². The Labute approximate surface area is 113 Å². The molecule has 1 N–H and O–H groups in total. The minimum absolute atomic E-state index is 0.654. The van der Waals surface area contributed by atoms with Crippen LogP contribution in [0.5, 0.6) is 0 Å². The zero-order valence-electron chi connectivity index (χ0n) is 7.75. The van der Waals surface area contributed by atoms with Crippen molar-refractivity contribution in [3.8, 4) is 11.4 Å². The van der Waals surface area contributed by atoms with Gasteiger partial charge in [-0.15, -0.1) is 11.3 Å².